The Kier molecular flexibility index (Phi) is 7.53. The third-order valence-electron chi connectivity index (χ3n) is 5.31. The third kappa shape index (κ3) is 5.09. The molecular weight excluding hydrogens is 438 g/mol. The summed E-state index contributed by atoms with van der Waals surface area (Å²) < 4.78 is 34.1. The number of hydrogen-bond acceptors (Lipinski definition) is 5. The Labute approximate surface area is 195 Å². The Bertz CT molecular complexity index is 1300. The molecule has 0 bridgehead atoms. The van der Waals surface area contributed by atoms with Crippen LogP contribution >= 0.6 is 0 Å². The van der Waals surface area contributed by atoms with Gasteiger partial charge in [-0.1, -0.05) is 50.2 Å². The molecule has 0 saturated carbocycles. The minimum Gasteiger partial charge on any atom is -0.426 e. The summed E-state index contributed by atoms with van der Waals surface area (Å²) in [5.41, 5.74) is 1.58. The lowest BCUT2D eigenvalue weighted by atomic mass is 10.1. The van der Waals surface area contributed by atoms with Crippen LogP contribution in [0.4, 0.5) is 5.69 Å². The van der Waals surface area contributed by atoms with Gasteiger partial charge in [-0.15, -0.1) is 0 Å². The number of sulfonamides is 1. The first-order chi connectivity index (χ1) is 15.7. The van der Waals surface area contributed by atoms with Gasteiger partial charge in [-0.25, -0.2) is 12.7 Å². The molecule has 0 aliphatic heterocycles. The van der Waals surface area contributed by atoms with Crippen molar-refractivity contribution in [2.75, 3.05) is 4.31 Å². The van der Waals surface area contributed by atoms with Crippen LogP contribution in [0, 0.1) is 13.8 Å². The molecule has 0 N–H and O–H groups in total. The summed E-state index contributed by atoms with van der Waals surface area (Å²) in [6.45, 7) is 7.24. The molecule has 0 fully saturated rings. The largest absolute Gasteiger partial charge is 0.426 e. The molecule has 1 amide bonds. The van der Waals surface area contributed by atoms with Crippen molar-refractivity contribution in [2.45, 2.75) is 58.3 Å². The van der Waals surface area contributed by atoms with Gasteiger partial charge < -0.3 is 4.74 Å². The number of aryl methyl sites for hydroxylation is 2. The fraction of sp³-hybridized carbons (Fsp3) is 0.308. The van der Waals surface area contributed by atoms with E-state index in [1.54, 1.807) is 49.4 Å². The average Bonchev–Trinajstić information content (AvgIpc) is 2.77. The first-order valence-corrected chi connectivity index (χ1v) is 12.5. The summed E-state index contributed by atoms with van der Waals surface area (Å²) in [6, 6.07) is 15.3. The second-order valence-electron chi connectivity index (χ2n) is 8.03. The van der Waals surface area contributed by atoms with Crippen LogP contribution in [0.25, 0.3) is 10.8 Å². The number of fused-ring (bicyclic) bond motifs is 1. The molecule has 3 aromatic rings. The Hall–Kier alpha value is -3.19. The lowest BCUT2D eigenvalue weighted by Gasteiger charge is -2.25. The molecule has 3 aromatic carbocycles. The predicted molar refractivity (Wildman–Crippen MR) is 130 cm³/mol. The molecule has 0 aromatic heterocycles. The van der Waals surface area contributed by atoms with E-state index < -0.39 is 15.9 Å². The van der Waals surface area contributed by atoms with Gasteiger partial charge in [0.15, 0.2) is 0 Å². The number of nitrogens with zero attached hydrogens (tertiary/aromatic N) is 1. The molecule has 0 aliphatic rings. The molecule has 0 spiro atoms. The monoisotopic (exact) mass is 467 g/mol. The van der Waals surface area contributed by atoms with Gasteiger partial charge in [0.25, 0.3) is 10.0 Å². The van der Waals surface area contributed by atoms with E-state index in [1.807, 2.05) is 26.8 Å². The number of rotatable bonds is 8. The van der Waals surface area contributed by atoms with Crippen molar-refractivity contribution < 1.29 is 22.7 Å². The van der Waals surface area contributed by atoms with E-state index in [-0.39, 0.29) is 29.4 Å². The van der Waals surface area contributed by atoms with E-state index in [2.05, 4.69) is 0 Å². The van der Waals surface area contributed by atoms with Crippen LogP contribution in [0.1, 0.15) is 50.7 Å². The molecule has 0 unspecified atom stereocenters. The van der Waals surface area contributed by atoms with Crippen LogP contribution < -0.4 is 9.04 Å². The fourth-order valence-electron chi connectivity index (χ4n) is 3.70. The Morgan fingerprint density at radius 2 is 1.55 bits per heavy atom. The van der Waals surface area contributed by atoms with Crippen LogP contribution in [0.3, 0.4) is 0 Å². The lowest BCUT2D eigenvalue weighted by Crippen LogP contribution is -2.37. The summed E-state index contributed by atoms with van der Waals surface area (Å²) in [5.74, 6) is -0.545. The van der Waals surface area contributed by atoms with E-state index >= 15 is 0 Å². The lowest BCUT2D eigenvalue weighted by molar-refractivity contribution is -0.134. The number of esters is 1. The molecule has 0 heterocycles. The number of amides is 1. The molecule has 0 aliphatic carbocycles. The van der Waals surface area contributed by atoms with E-state index in [0.29, 0.717) is 34.9 Å². The quantitative estimate of drug-likeness (QED) is 0.314. The smallest absolute Gasteiger partial charge is 0.311 e. The van der Waals surface area contributed by atoms with Crippen molar-refractivity contribution in [3.63, 3.8) is 0 Å². The maximum absolute atomic E-state index is 13.8. The van der Waals surface area contributed by atoms with E-state index in [0.717, 1.165) is 9.87 Å². The number of ether oxygens (including phenoxy) is 1. The third-order valence-corrected chi connectivity index (χ3v) is 7.19. The first kappa shape index (κ1) is 24.5. The standard InChI is InChI=1S/C26H29NO5S/c1-5-9-25(28)27(33(30,31)24-17-18(3)13-14-19(24)4)22-15-16-23(32-26(29)10-6-2)21-12-8-7-11-20(21)22/h7-8,11-17H,5-6,9-10H2,1-4H3. The van der Waals surface area contributed by atoms with Crippen molar-refractivity contribution in [1.82, 2.24) is 0 Å². The van der Waals surface area contributed by atoms with Crippen molar-refractivity contribution in [2.24, 2.45) is 0 Å². The average molecular weight is 468 g/mol. The van der Waals surface area contributed by atoms with E-state index in [9.17, 15) is 18.0 Å². The Morgan fingerprint density at radius 3 is 2.21 bits per heavy atom. The van der Waals surface area contributed by atoms with Crippen LogP contribution in [-0.4, -0.2) is 20.3 Å². The summed E-state index contributed by atoms with van der Waals surface area (Å²) >= 11 is 0. The van der Waals surface area contributed by atoms with Crippen molar-refractivity contribution in [3.8, 4) is 5.75 Å². The van der Waals surface area contributed by atoms with Crippen LogP contribution in [-0.2, 0) is 19.6 Å². The number of hydrogen-bond donors (Lipinski definition) is 0. The van der Waals surface area contributed by atoms with Crippen molar-refractivity contribution in [1.29, 1.82) is 0 Å². The normalized spacial score (nSPS) is 11.4. The predicted octanol–water partition coefficient (Wildman–Crippen LogP) is 5.68. The zero-order valence-corrected chi connectivity index (χ0v) is 20.2. The second-order valence-corrected chi connectivity index (χ2v) is 9.79. The molecule has 33 heavy (non-hydrogen) atoms. The summed E-state index contributed by atoms with van der Waals surface area (Å²) in [7, 11) is -4.19. The van der Waals surface area contributed by atoms with Crippen LogP contribution in [0.2, 0.25) is 0 Å². The van der Waals surface area contributed by atoms with Gasteiger partial charge in [0.1, 0.15) is 5.75 Å². The Balaban J connectivity index is 2.24. The van der Waals surface area contributed by atoms with Gasteiger partial charge >= 0.3 is 5.97 Å². The van der Waals surface area contributed by atoms with E-state index in [4.69, 9.17) is 4.74 Å². The maximum atomic E-state index is 13.8. The number of carbonyl (C=O) groups excluding carboxylic acids is 2. The highest BCUT2D eigenvalue weighted by Gasteiger charge is 2.33. The summed E-state index contributed by atoms with van der Waals surface area (Å²) in [4.78, 5) is 25.4. The molecule has 3 rings (SSSR count). The minimum absolute atomic E-state index is 0.0751. The van der Waals surface area contributed by atoms with Gasteiger partial charge in [-0.3, -0.25) is 9.59 Å². The van der Waals surface area contributed by atoms with Gasteiger partial charge in [-0.05, 0) is 56.0 Å². The van der Waals surface area contributed by atoms with Gasteiger partial charge in [0.2, 0.25) is 5.91 Å². The van der Waals surface area contributed by atoms with Crippen molar-refractivity contribution in [3.05, 3.63) is 65.7 Å². The number of benzene rings is 3. The minimum atomic E-state index is -4.19. The fourth-order valence-corrected chi connectivity index (χ4v) is 5.48. The first-order valence-electron chi connectivity index (χ1n) is 11.1. The van der Waals surface area contributed by atoms with Crippen LogP contribution in [0.5, 0.6) is 5.75 Å². The maximum Gasteiger partial charge on any atom is 0.311 e. The van der Waals surface area contributed by atoms with Gasteiger partial charge in [-0.2, -0.15) is 0 Å². The zero-order chi connectivity index (χ0) is 24.2. The number of anilines is 1. The molecule has 174 valence electrons. The highest BCUT2D eigenvalue weighted by atomic mass is 32.2. The molecule has 7 heteroatoms. The second kappa shape index (κ2) is 10.2. The molecule has 0 radical (unpaired) electrons. The summed E-state index contributed by atoms with van der Waals surface area (Å²) in [5, 5.41) is 1.07. The topological polar surface area (TPSA) is 80.8 Å². The molecule has 0 atom stereocenters. The van der Waals surface area contributed by atoms with Gasteiger partial charge in [0.05, 0.1) is 10.6 Å². The zero-order valence-electron chi connectivity index (χ0n) is 19.4. The Morgan fingerprint density at radius 1 is 0.879 bits per heavy atom. The highest BCUT2D eigenvalue weighted by Crippen LogP contribution is 2.37. The molecule has 6 nitrogen and oxygen atoms in total. The SMILES string of the molecule is CCCC(=O)Oc1ccc(N(C(=O)CCC)S(=O)(=O)c2cc(C)ccc2C)c2ccccc12. The van der Waals surface area contributed by atoms with E-state index in [1.165, 1.54) is 6.07 Å². The van der Waals surface area contributed by atoms with Crippen molar-refractivity contribution >= 4 is 38.4 Å². The molecule has 0 saturated heterocycles. The highest BCUT2D eigenvalue weighted by molar-refractivity contribution is 7.93. The molecular formula is C26H29NO5S. The summed E-state index contributed by atoms with van der Waals surface area (Å²) in [6.07, 6.45) is 1.51. The van der Waals surface area contributed by atoms with Gasteiger partial charge in [0, 0.05) is 23.6 Å². The van der Waals surface area contributed by atoms with Crippen LogP contribution in [0.15, 0.2) is 59.5 Å². The number of carbonyl (C=O) groups is 2.